The van der Waals surface area contributed by atoms with Gasteiger partial charge in [0.1, 0.15) is 5.75 Å². The van der Waals surface area contributed by atoms with Crippen molar-refractivity contribution in [3.8, 4) is 5.75 Å². The number of benzene rings is 1. The molecular weight excluding hydrogens is 336 g/mol. The van der Waals surface area contributed by atoms with Crippen LogP contribution >= 0.6 is 0 Å². The lowest BCUT2D eigenvalue weighted by atomic mass is 10.2. The molecule has 9 heteroatoms. The third-order valence-corrected chi connectivity index (χ3v) is 5.00. The predicted octanol–water partition coefficient (Wildman–Crippen LogP) is 0.492. The Bertz CT molecular complexity index is 685. The van der Waals surface area contributed by atoms with Crippen molar-refractivity contribution >= 4 is 21.7 Å². The van der Waals surface area contributed by atoms with Crippen molar-refractivity contribution in [3.05, 3.63) is 23.8 Å². The molecule has 24 heavy (non-hydrogen) atoms. The van der Waals surface area contributed by atoms with E-state index in [9.17, 15) is 13.2 Å². The van der Waals surface area contributed by atoms with Gasteiger partial charge in [0.05, 0.1) is 37.8 Å². The molecule has 1 heterocycles. The Labute approximate surface area is 141 Å². The summed E-state index contributed by atoms with van der Waals surface area (Å²) in [5.74, 6) is -0.812. The number of morpholine rings is 1. The van der Waals surface area contributed by atoms with Crippen LogP contribution in [0, 0.1) is 0 Å². The monoisotopic (exact) mass is 358 g/mol. The summed E-state index contributed by atoms with van der Waals surface area (Å²) in [5.41, 5.74) is 0.235. The second kappa shape index (κ2) is 7.82. The highest BCUT2D eigenvalue weighted by Crippen LogP contribution is 2.31. The molecule has 1 N–H and O–H groups in total. The van der Waals surface area contributed by atoms with E-state index in [-0.39, 0.29) is 17.8 Å². The van der Waals surface area contributed by atoms with Gasteiger partial charge in [-0.2, -0.15) is 0 Å². The molecule has 0 bridgehead atoms. The minimum Gasteiger partial charge on any atom is -0.495 e. The third kappa shape index (κ3) is 4.59. The van der Waals surface area contributed by atoms with E-state index in [2.05, 4.69) is 4.90 Å². The van der Waals surface area contributed by atoms with E-state index < -0.39 is 16.0 Å². The van der Waals surface area contributed by atoms with Gasteiger partial charge in [-0.15, -0.1) is 0 Å². The van der Waals surface area contributed by atoms with Gasteiger partial charge < -0.3 is 14.6 Å². The van der Waals surface area contributed by atoms with E-state index in [1.165, 1.54) is 29.6 Å². The third-order valence-electron chi connectivity index (χ3n) is 3.82. The van der Waals surface area contributed by atoms with Gasteiger partial charge in [0.15, 0.2) is 0 Å². The molecule has 8 nitrogen and oxygen atoms in total. The molecule has 1 fully saturated rings. The molecule has 0 radical (unpaired) electrons. The van der Waals surface area contributed by atoms with Gasteiger partial charge >= 0.3 is 5.97 Å². The standard InChI is InChI=1S/C15H22N2O6S/c1-22-14-4-3-12(15(18)19)11-13(14)17(24(2,20)21)6-5-16-7-9-23-10-8-16/h3-4,11H,5-10H2,1-2H3,(H,18,19). The molecule has 1 aromatic rings. The number of ether oxygens (including phenoxy) is 2. The molecule has 0 aliphatic carbocycles. The Balaban J connectivity index is 2.29. The number of rotatable bonds is 7. The minimum atomic E-state index is -3.59. The number of anilines is 1. The van der Waals surface area contributed by atoms with Crippen LogP contribution in [-0.2, 0) is 14.8 Å². The van der Waals surface area contributed by atoms with Crippen molar-refractivity contribution in [2.75, 3.05) is 57.1 Å². The van der Waals surface area contributed by atoms with Gasteiger partial charge in [-0.1, -0.05) is 0 Å². The van der Waals surface area contributed by atoms with E-state index in [0.29, 0.717) is 25.5 Å². The zero-order chi connectivity index (χ0) is 17.7. The smallest absolute Gasteiger partial charge is 0.335 e. The Hall–Kier alpha value is -1.84. The summed E-state index contributed by atoms with van der Waals surface area (Å²) in [5, 5.41) is 9.16. The zero-order valence-electron chi connectivity index (χ0n) is 13.8. The number of carboxylic acids is 1. The summed E-state index contributed by atoms with van der Waals surface area (Å²) in [6, 6.07) is 4.17. The minimum absolute atomic E-state index is 0.00539. The molecule has 1 aliphatic heterocycles. The number of carboxylic acid groups (broad SMARTS) is 1. The van der Waals surface area contributed by atoms with Crippen LogP contribution in [0.1, 0.15) is 10.4 Å². The summed E-state index contributed by atoms with van der Waals surface area (Å²) in [7, 11) is -2.17. The van der Waals surface area contributed by atoms with Crippen LogP contribution in [0.25, 0.3) is 0 Å². The molecule has 134 valence electrons. The fourth-order valence-electron chi connectivity index (χ4n) is 2.54. The van der Waals surface area contributed by atoms with Crippen molar-refractivity contribution in [1.82, 2.24) is 4.90 Å². The fraction of sp³-hybridized carbons (Fsp3) is 0.533. The van der Waals surface area contributed by atoms with Crippen LogP contribution in [-0.4, -0.2) is 77.2 Å². The first-order valence-electron chi connectivity index (χ1n) is 7.52. The van der Waals surface area contributed by atoms with Crippen LogP contribution in [0.5, 0.6) is 5.75 Å². The Morgan fingerprint density at radius 3 is 2.58 bits per heavy atom. The average molecular weight is 358 g/mol. The predicted molar refractivity (Wildman–Crippen MR) is 89.4 cm³/mol. The van der Waals surface area contributed by atoms with Crippen LogP contribution in [0.3, 0.4) is 0 Å². The molecule has 1 saturated heterocycles. The lowest BCUT2D eigenvalue weighted by Gasteiger charge is -2.30. The van der Waals surface area contributed by atoms with Gasteiger partial charge in [-0.25, -0.2) is 13.2 Å². The molecule has 0 unspecified atom stereocenters. The van der Waals surface area contributed by atoms with E-state index in [1.807, 2.05) is 0 Å². The van der Waals surface area contributed by atoms with Gasteiger partial charge in [0.25, 0.3) is 0 Å². The molecule has 0 amide bonds. The van der Waals surface area contributed by atoms with Crippen LogP contribution < -0.4 is 9.04 Å². The molecule has 0 spiro atoms. The number of aromatic carboxylic acids is 1. The number of methoxy groups -OCH3 is 1. The summed E-state index contributed by atoms with van der Waals surface area (Å²) >= 11 is 0. The van der Waals surface area contributed by atoms with E-state index in [1.54, 1.807) is 0 Å². The van der Waals surface area contributed by atoms with Crippen LogP contribution in [0.2, 0.25) is 0 Å². The molecular formula is C15H22N2O6S. The fourth-order valence-corrected chi connectivity index (χ4v) is 3.45. The molecule has 0 atom stereocenters. The second-order valence-electron chi connectivity index (χ2n) is 5.48. The first-order chi connectivity index (χ1) is 11.3. The summed E-state index contributed by atoms with van der Waals surface area (Å²) in [6.45, 7) is 3.45. The van der Waals surface area contributed by atoms with E-state index in [4.69, 9.17) is 14.6 Å². The number of nitrogens with zero attached hydrogens (tertiary/aromatic N) is 2. The normalized spacial score (nSPS) is 15.9. The first kappa shape index (κ1) is 18.5. The van der Waals surface area contributed by atoms with Crippen molar-refractivity contribution in [2.24, 2.45) is 0 Å². The van der Waals surface area contributed by atoms with Gasteiger partial charge in [-0.05, 0) is 18.2 Å². The van der Waals surface area contributed by atoms with Gasteiger partial charge in [0, 0.05) is 26.2 Å². The lowest BCUT2D eigenvalue weighted by molar-refractivity contribution is 0.0395. The molecule has 1 aromatic carbocycles. The molecule has 2 rings (SSSR count). The highest BCUT2D eigenvalue weighted by atomic mass is 32.2. The first-order valence-corrected chi connectivity index (χ1v) is 9.37. The van der Waals surface area contributed by atoms with Crippen molar-refractivity contribution in [2.45, 2.75) is 0 Å². The summed E-state index contributed by atoms with van der Waals surface area (Å²) < 4.78 is 36.1. The number of hydrogen-bond donors (Lipinski definition) is 1. The quantitative estimate of drug-likeness (QED) is 0.758. The molecule has 0 saturated carbocycles. The van der Waals surface area contributed by atoms with Crippen LogP contribution in [0.4, 0.5) is 5.69 Å². The molecule has 0 aromatic heterocycles. The largest absolute Gasteiger partial charge is 0.495 e. The average Bonchev–Trinajstić information content (AvgIpc) is 2.54. The number of sulfonamides is 1. The maximum Gasteiger partial charge on any atom is 0.335 e. The topological polar surface area (TPSA) is 96.4 Å². The summed E-state index contributed by atoms with van der Waals surface area (Å²) in [6.07, 6.45) is 1.10. The highest BCUT2D eigenvalue weighted by Gasteiger charge is 2.24. The number of hydrogen-bond acceptors (Lipinski definition) is 6. The van der Waals surface area contributed by atoms with E-state index in [0.717, 1.165) is 19.3 Å². The van der Waals surface area contributed by atoms with Gasteiger partial charge in [-0.3, -0.25) is 9.21 Å². The second-order valence-corrected chi connectivity index (χ2v) is 7.39. The van der Waals surface area contributed by atoms with Crippen molar-refractivity contribution < 1.29 is 27.8 Å². The van der Waals surface area contributed by atoms with E-state index >= 15 is 0 Å². The lowest BCUT2D eigenvalue weighted by Crippen LogP contribution is -2.43. The SMILES string of the molecule is COc1ccc(C(=O)O)cc1N(CCN1CCOCC1)S(C)(=O)=O. The van der Waals surface area contributed by atoms with Crippen molar-refractivity contribution in [1.29, 1.82) is 0 Å². The maximum absolute atomic E-state index is 12.2. The zero-order valence-corrected chi connectivity index (χ0v) is 14.6. The van der Waals surface area contributed by atoms with Gasteiger partial charge in [0.2, 0.25) is 10.0 Å². The number of carbonyl (C=O) groups is 1. The Kier molecular flexibility index (Phi) is 6.03. The summed E-state index contributed by atoms with van der Waals surface area (Å²) in [4.78, 5) is 13.3. The maximum atomic E-state index is 12.2. The molecule has 1 aliphatic rings. The highest BCUT2D eigenvalue weighted by molar-refractivity contribution is 7.92. The van der Waals surface area contributed by atoms with Crippen molar-refractivity contribution in [3.63, 3.8) is 0 Å². The Morgan fingerprint density at radius 2 is 2.04 bits per heavy atom. The van der Waals surface area contributed by atoms with Crippen LogP contribution in [0.15, 0.2) is 18.2 Å². The Morgan fingerprint density at radius 1 is 1.38 bits per heavy atom.